The van der Waals surface area contributed by atoms with Gasteiger partial charge in [0, 0.05) is 18.6 Å². The van der Waals surface area contributed by atoms with E-state index in [-0.39, 0.29) is 12.4 Å². The van der Waals surface area contributed by atoms with Crippen LogP contribution in [0.2, 0.25) is 0 Å². The van der Waals surface area contributed by atoms with Crippen LogP contribution in [0.25, 0.3) is 0 Å². The van der Waals surface area contributed by atoms with E-state index < -0.39 is 0 Å². The van der Waals surface area contributed by atoms with E-state index in [2.05, 4.69) is 11.8 Å². The van der Waals surface area contributed by atoms with Crippen molar-refractivity contribution in [2.45, 2.75) is 26.7 Å². The van der Waals surface area contributed by atoms with Crippen LogP contribution in [0.3, 0.4) is 0 Å². The molecule has 0 aliphatic heterocycles. The number of aliphatic hydroxyl groups excluding tert-OH is 1. The van der Waals surface area contributed by atoms with Gasteiger partial charge in [-0.15, -0.1) is 0 Å². The van der Waals surface area contributed by atoms with Gasteiger partial charge in [-0.25, -0.2) is 4.39 Å². The third-order valence-corrected chi connectivity index (χ3v) is 2.17. The summed E-state index contributed by atoms with van der Waals surface area (Å²) in [6.07, 6.45) is 1.36. The summed E-state index contributed by atoms with van der Waals surface area (Å²) >= 11 is 0. The maximum Gasteiger partial charge on any atom is 0.123 e. The Morgan fingerprint density at radius 1 is 1.27 bits per heavy atom. The van der Waals surface area contributed by atoms with Crippen molar-refractivity contribution in [1.29, 1.82) is 0 Å². The number of aliphatic hydroxyl groups is 1. The molecule has 1 N–H and O–H groups in total. The largest absolute Gasteiger partial charge is 0.396 e. The van der Waals surface area contributed by atoms with E-state index in [1.807, 2.05) is 13.8 Å². The number of aryl methyl sites for hydroxylation is 2. The van der Waals surface area contributed by atoms with Gasteiger partial charge in [0.15, 0.2) is 0 Å². The summed E-state index contributed by atoms with van der Waals surface area (Å²) in [7, 11) is 0. The molecule has 0 aromatic heterocycles. The fourth-order valence-corrected chi connectivity index (χ4v) is 1.43. The highest BCUT2D eigenvalue weighted by Gasteiger charge is 2.01. The molecule has 15 heavy (non-hydrogen) atoms. The standard InChI is InChI=1S/C13H15FO/c1-10-8-12(14)9-11(2)13(10)6-4-3-5-7-15/h8-9,15H,3,5,7H2,1-2H3. The lowest BCUT2D eigenvalue weighted by Gasteiger charge is -2.02. The molecule has 0 saturated heterocycles. The molecule has 1 aromatic rings. The van der Waals surface area contributed by atoms with Gasteiger partial charge < -0.3 is 5.11 Å². The first kappa shape index (κ1) is 11.7. The third-order valence-electron chi connectivity index (χ3n) is 2.17. The van der Waals surface area contributed by atoms with E-state index in [0.29, 0.717) is 12.8 Å². The fraction of sp³-hybridized carbons (Fsp3) is 0.385. The second-order valence-electron chi connectivity index (χ2n) is 3.54. The summed E-state index contributed by atoms with van der Waals surface area (Å²) in [5.74, 6) is 5.77. The van der Waals surface area contributed by atoms with Crippen LogP contribution in [0.15, 0.2) is 12.1 Å². The van der Waals surface area contributed by atoms with E-state index in [4.69, 9.17) is 5.11 Å². The Hall–Kier alpha value is -1.33. The number of hydrogen-bond donors (Lipinski definition) is 1. The molecule has 1 nitrogen and oxygen atoms in total. The zero-order valence-electron chi connectivity index (χ0n) is 9.10. The first-order valence-electron chi connectivity index (χ1n) is 5.01. The molecule has 0 saturated carbocycles. The molecule has 0 aliphatic carbocycles. The van der Waals surface area contributed by atoms with Gasteiger partial charge in [-0.2, -0.15) is 0 Å². The van der Waals surface area contributed by atoms with E-state index in [0.717, 1.165) is 16.7 Å². The van der Waals surface area contributed by atoms with Crippen molar-refractivity contribution in [2.24, 2.45) is 0 Å². The normalized spacial score (nSPS) is 9.60. The molecule has 1 aromatic carbocycles. The van der Waals surface area contributed by atoms with Crippen molar-refractivity contribution >= 4 is 0 Å². The van der Waals surface area contributed by atoms with Crippen molar-refractivity contribution < 1.29 is 9.50 Å². The Labute approximate surface area is 89.9 Å². The lowest BCUT2D eigenvalue weighted by Crippen LogP contribution is -1.90. The minimum atomic E-state index is -0.217. The summed E-state index contributed by atoms with van der Waals surface area (Å²) < 4.78 is 13.0. The van der Waals surface area contributed by atoms with Crippen LogP contribution in [0.1, 0.15) is 29.5 Å². The molecule has 0 aliphatic rings. The van der Waals surface area contributed by atoms with Gasteiger partial charge in [0.05, 0.1) is 0 Å². The van der Waals surface area contributed by atoms with E-state index in [1.165, 1.54) is 12.1 Å². The lowest BCUT2D eigenvalue weighted by molar-refractivity contribution is 0.290. The molecule has 0 heterocycles. The molecule has 80 valence electrons. The highest BCUT2D eigenvalue weighted by Crippen LogP contribution is 2.14. The van der Waals surface area contributed by atoms with Crippen LogP contribution in [0, 0.1) is 31.5 Å². The van der Waals surface area contributed by atoms with Crippen molar-refractivity contribution in [2.75, 3.05) is 6.61 Å². The van der Waals surface area contributed by atoms with Gasteiger partial charge in [0.1, 0.15) is 5.82 Å². The summed E-state index contributed by atoms with van der Waals surface area (Å²) in [6, 6.07) is 2.98. The summed E-state index contributed by atoms with van der Waals surface area (Å²) in [5.41, 5.74) is 2.63. The highest BCUT2D eigenvalue weighted by atomic mass is 19.1. The molecular formula is C13H15FO. The van der Waals surface area contributed by atoms with Crippen molar-refractivity contribution in [3.8, 4) is 11.8 Å². The Bertz CT molecular complexity index is 376. The van der Waals surface area contributed by atoms with Crippen molar-refractivity contribution in [3.63, 3.8) is 0 Å². The quantitative estimate of drug-likeness (QED) is 0.582. The van der Waals surface area contributed by atoms with Crippen molar-refractivity contribution in [3.05, 3.63) is 34.6 Å². The average Bonchev–Trinajstić information content (AvgIpc) is 2.15. The second kappa shape index (κ2) is 5.53. The Kier molecular flexibility index (Phi) is 4.33. The predicted molar refractivity (Wildman–Crippen MR) is 59.1 cm³/mol. The van der Waals surface area contributed by atoms with Crippen molar-refractivity contribution in [1.82, 2.24) is 0 Å². The zero-order chi connectivity index (χ0) is 11.3. The number of halogens is 1. The van der Waals surface area contributed by atoms with Gasteiger partial charge in [-0.3, -0.25) is 0 Å². The summed E-state index contributed by atoms with van der Waals surface area (Å²) in [6.45, 7) is 3.87. The van der Waals surface area contributed by atoms with E-state index in [1.54, 1.807) is 0 Å². The maximum absolute atomic E-state index is 13.0. The zero-order valence-corrected chi connectivity index (χ0v) is 9.10. The smallest absolute Gasteiger partial charge is 0.123 e. The molecule has 0 unspecified atom stereocenters. The Morgan fingerprint density at radius 2 is 1.87 bits per heavy atom. The molecule has 0 radical (unpaired) electrons. The minimum Gasteiger partial charge on any atom is -0.396 e. The van der Waals surface area contributed by atoms with Crippen LogP contribution in [-0.4, -0.2) is 11.7 Å². The summed E-state index contributed by atoms with van der Waals surface area (Å²) in [4.78, 5) is 0. The van der Waals surface area contributed by atoms with Gasteiger partial charge in [-0.1, -0.05) is 11.8 Å². The van der Waals surface area contributed by atoms with E-state index in [9.17, 15) is 4.39 Å². The predicted octanol–water partition coefficient (Wildman–Crippen LogP) is 2.57. The van der Waals surface area contributed by atoms with Gasteiger partial charge in [0.2, 0.25) is 0 Å². The lowest BCUT2D eigenvalue weighted by atomic mass is 10.0. The second-order valence-corrected chi connectivity index (χ2v) is 3.54. The van der Waals surface area contributed by atoms with Crippen LogP contribution in [0.5, 0.6) is 0 Å². The maximum atomic E-state index is 13.0. The van der Waals surface area contributed by atoms with Crippen LogP contribution >= 0.6 is 0 Å². The number of rotatable bonds is 2. The van der Waals surface area contributed by atoms with E-state index >= 15 is 0 Å². The van der Waals surface area contributed by atoms with Crippen LogP contribution in [0.4, 0.5) is 4.39 Å². The third kappa shape index (κ3) is 3.38. The fourth-order valence-electron chi connectivity index (χ4n) is 1.43. The number of benzene rings is 1. The average molecular weight is 206 g/mol. The Balaban J connectivity index is 2.88. The number of hydrogen-bond acceptors (Lipinski definition) is 1. The van der Waals surface area contributed by atoms with Gasteiger partial charge >= 0.3 is 0 Å². The molecular weight excluding hydrogens is 191 g/mol. The molecule has 0 bridgehead atoms. The Morgan fingerprint density at radius 3 is 2.40 bits per heavy atom. The highest BCUT2D eigenvalue weighted by molar-refractivity contribution is 5.46. The first-order valence-corrected chi connectivity index (χ1v) is 5.01. The summed E-state index contributed by atoms with van der Waals surface area (Å²) in [5, 5.41) is 8.59. The van der Waals surface area contributed by atoms with Gasteiger partial charge in [-0.05, 0) is 43.5 Å². The number of unbranched alkanes of at least 4 members (excludes halogenated alkanes) is 1. The SMILES string of the molecule is Cc1cc(F)cc(C)c1C#CCCCO. The van der Waals surface area contributed by atoms with Crippen LogP contribution in [-0.2, 0) is 0 Å². The molecule has 1 rings (SSSR count). The monoisotopic (exact) mass is 206 g/mol. The molecule has 2 heteroatoms. The minimum absolute atomic E-state index is 0.163. The molecule has 0 atom stereocenters. The van der Waals surface area contributed by atoms with Crippen LogP contribution < -0.4 is 0 Å². The molecule has 0 spiro atoms. The first-order chi connectivity index (χ1) is 7.15. The topological polar surface area (TPSA) is 20.2 Å². The molecule has 0 fully saturated rings. The molecule has 0 amide bonds. The van der Waals surface area contributed by atoms with Gasteiger partial charge in [0.25, 0.3) is 0 Å².